The Hall–Kier alpha value is -1.90. The molecule has 0 aliphatic carbocycles. The minimum Gasteiger partial charge on any atom is -0.496 e. The highest BCUT2D eigenvalue weighted by Gasteiger charge is 2.16. The van der Waals surface area contributed by atoms with Gasteiger partial charge in [-0.2, -0.15) is 5.10 Å². The Labute approximate surface area is 145 Å². The van der Waals surface area contributed by atoms with Crippen molar-refractivity contribution in [3.05, 3.63) is 29.3 Å². The minimum absolute atomic E-state index is 0.0359. The van der Waals surface area contributed by atoms with Crippen LogP contribution < -0.4 is 10.1 Å². The summed E-state index contributed by atoms with van der Waals surface area (Å²) < 4.78 is 10.8. The Morgan fingerprint density at radius 3 is 2.96 bits per heavy atom. The van der Waals surface area contributed by atoms with E-state index in [1.54, 1.807) is 13.3 Å². The van der Waals surface area contributed by atoms with E-state index in [4.69, 9.17) is 9.47 Å². The summed E-state index contributed by atoms with van der Waals surface area (Å²) in [6.45, 7) is 4.20. The van der Waals surface area contributed by atoms with E-state index < -0.39 is 0 Å². The molecule has 0 unspecified atom stereocenters. The predicted octanol–water partition coefficient (Wildman–Crippen LogP) is 1.08. The first kappa shape index (κ1) is 16.9. The smallest absolute Gasteiger partial charge is 0.236 e. The number of carbonyl (C=O) groups is 1. The van der Waals surface area contributed by atoms with E-state index in [1.807, 2.05) is 12.1 Å². The van der Waals surface area contributed by atoms with Crippen LogP contribution in [-0.4, -0.2) is 61.4 Å². The summed E-state index contributed by atoms with van der Waals surface area (Å²) in [4.78, 5) is 13.4. The van der Waals surface area contributed by atoms with E-state index >= 15 is 0 Å². The van der Waals surface area contributed by atoms with Gasteiger partial charge in [-0.05, 0) is 23.8 Å². The maximum Gasteiger partial charge on any atom is 0.236 e. The van der Waals surface area contributed by atoms with Crippen LogP contribution in [0.5, 0.6) is 5.75 Å². The van der Waals surface area contributed by atoms with Crippen LogP contribution in [0.1, 0.15) is 11.1 Å². The summed E-state index contributed by atoms with van der Waals surface area (Å²) in [6, 6.07) is 5.93. The maximum atomic E-state index is 11.1. The number of benzene rings is 1. The lowest BCUT2D eigenvalue weighted by Crippen LogP contribution is -2.35. The number of ether oxygens (including phenoxy) is 2. The number of morpholine rings is 1. The Kier molecular flexibility index (Phi) is 5.84. The first-order valence-electron chi connectivity index (χ1n) is 7.75. The van der Waals surface area contributed by atoms with Crippen molar-refractivity contribution < 1.29 is 14.3 Å². The van der Waals surface area contributed by atoms with Crippen LogP contribution in [0.2, 0.25) is 0 Å². The Balaban J connectivity index is 1.69. The lowest BCUT2D eigenvalue weighted by atomic mass is 10.1. The molecule has 1 aromatic rings. The van der Waals surface area contributed by atoms with Gasteiger partial charge in [0.2, 0.25) is 5.91 Å². The van der Waals surface area contributed by atoms with Gasteiger partial charge in [-0.1, -0.05) is 11.8 Å². The maximum absolute atomic E-state index is 11.1. The SMILES string of the molecule is COc1ccc(C=NN=C2NC(=O)CS2)cc1CN1CCOCC1. The van der Waals surface area contributed by atoms with Gasteiger partial charge in [-0.25, -0.2) is 0 Å². The molecule has 0 atom stereocenters. The highest BCUT2D eigenvalue weighted by molar-refractivity contribution is 8.15. The highest BCUT2D eigenvalue weighted by Crippen LogP contribution is 2.21. The van der Waals surface area contributed by atoms with Crippen molar-refractivity contribution in [2.45, 2.75) is 6.54 Å². The zero-order valence-corrected chi connectivity index (χ0v) is 14.3. The van der Waals surface area contributed by atoms with Gasteiger partial charge in [-0.15, -0.1) is 5.10 Å². The monoisotopic (exact) mass is 348 g/mol. The molecule has 7 nitrogen and oxygen atoms in total. The lowest BCUT2D eigenvalue weighted by Gasteiger charge is -2.27. The second-order valence-electron chi connectivity index (χ2n) is 5.45. The molecule has 2 aliphatic rings. The molecular formula is C16H20N4O3S. The van der Waals surface area contributed by atoms with Gasteiger partial charge in [0.05, 0.1) is 32.3 Å². The number of rotatable bonds is 5. The summed E-state index contributed by atoms with van der Waals surface area (Å²) in [6.07, 6.45) is 1.68. The fourth-order valence-electron chi connectivity index (χ4n) is 2.53. The van der Waals surface area contributed by atoms with Crippen LogP contribution in [0.25, 0.3) is 0 Å². The quantitative estimate of drug-likeness (QED) is 0.637. The number of thioether (sulfide) groups is 1. The second kappa shape index (κ2) is 8.27. The van der Waals surface area contributed by atoms with Crippen LogP contribution in [0.3, 0.4) is 0 Å². The number of hydrogen-bond acceptors (Lipinski definition) is 7. The molecule has 0 bridgehead atoms. The molecule has 0 aromatic heterocycles. The van der Waals surface area contributed by atoms with E-state index in [0.717, 1.165) is 49.7 Å². The van der Waals surface area contributed by atoms with E-state index in [2.05, 4.69) is 26.5 Å². The molecule has 2 fully saturated rings. The van der Waals surface area contributed by atoms with Crippen molar-refractivity contribution >= 4 is 29.1 Å². The van der Waals surface area contributed by atoms with E-state index in [9.17, 15) is 4.79 Å². The van der Waals surface area contributed by atoms with Crippen molar-refractivity contribution in [2.75, 3.05) is 39.2 Å². The third-order valence-corrected chi connectivity index (χ3v) is 4.61. The molecule has 8 heteroatoms. The predicted molar refractivity (Wildman–Crippen MR) is 94.7 cm³/mol. The minimum atomic E-state index is -0.0359. The zero-order chi connectivity index (χ0) is 16.8. The Morgan fingerprint density at radius 1 is 1.42 bits per heavy atom. The van der Waals surface area contributed by atoms with Crippen molar-refractivity contribution in [1.82, 2.24) is 10.2 Å². The molecule has 1 N–H and O–H groups in total. The van der Waals surface area contributed by atoms with E-state index in [-0.39, 0.29) is 5.91 Å². The van der Waals surface area contributed by atoms with Gasteiger partial charge in [0.1, 0.15) is 5.75 Å². The fourth-order valence-corrected chi connectivity index (χ4v) is 3.16. The third-order valence-electron chi connectivity index (χ3n) is 3.74. The van der Waals surface area contributed by atoms with Crippen LogP contribution in [0.15, 0.2) is 28.4 Å². The summed E-state index contributed by atoms with van der Waals surface area (Å²) in [5.74, 6) is 1.23. The summed E-state index contributed by atoms with van der Waals surface area (Å²) in [5, 5.41) is 11.3. The Bertz CT molecular complexity index is 657. The zero-order valence-electron chi connectivity index (χ0n) is 13.5. The van der Waals surface area contributed by atoms with Crippen molar-refractivity contribution in [2.24, 2.45) is 10.2 Å². The normalized spacial score (nSPS) is 20.7. The lowest BCUT2D eigenvalue weighted by molar-refractivity contribution is -0.116. The summed E-state index contributed by atoms with van der Waals surface area (Å²) in [7, 11) is 1.68. The van der Waals surface area contributed by atoms with E-state index in [1.165, 1.54) is 11.8 Å². The number of methoxy groups -OCH3 is 1. The van der Waals surface area contributed by atoms with Crippen LogP contribution in [-0.2, 0) is 16.1 Å². The number of nitrogens with zero attached hydrogens (tertiary/aromatic N) is 3. The van der Waals surface area contributed by atoms with Gasteiger partial charge in [0, 0.05) is 25.2 Å². The van der Waals surface area contributed by atoms with Gasteiger partial charge < -0.3 is 14.8 Å². The second-order valence-corrected chi connectivity index (χ2v) is 6.41. The van der Waals surface area contributed by atoms with Gasteiger partial charge >= 0.3 is 0 Å². The third kappa shape index (κ3) is 4.56. The number of nitrogens with one attached hydrogen (secondary N) is 1. The van der Waals surface area contributed by atoms with E-state index in [0.29, 0.717) is 10.9 Å². The average Bonchev–Trinajstić information content (AvgIpc) is 3.01. The number of hydrogen-bond donors (Lipinski definition) is 1. The van der Waals surface area contributed by atoms with Crippen molar-refractivity contribution in [3.63, 3.8) is 0 Å². The highest BCUT2D eigenvalue weighted by atomic mass is 32.2. The molecular weight excluding hydrogens is 328 g/mol. The average molecular weight is 348 g/mol. The number of carbonyl (C=O) groups excluding carboxylic acids is 1. The molecule has 24 heavy (non-hydrogen) atoms. The fraction of sp³-hybridized carbons (Fsp3) is 0.438. The van der Waals surface area contributed by atoms with Gasteiger partial charge in [0.25, 0.3) is 0 Å². The largest absolute Gasteiger partial charge is 0.496 e. The Morgan fingerprint density at radius 2 is 2.25 bits per heavy atom. The molecule has 1 amide bonds. The van der Waals surface area contributed by atoms with Crippen LogP contribution in [0, 0.1) is 0 Å². The van der Waals surface area contributed by atoms with Crippen LogP contribution >= 0.6 is 11.8 Å². The molecule has 0 spiro atoms. The van der Waals surface area contributed by atoms with Crippen molar-refractivity contribution in [3.8, 4) is 5.75 Å². The molecule has 128 valence electrons. The number of amidine groups is 1. The first-order valence-corrected chi connectivity index (χ1v) is 8.74. The molecule has 3 rings (SSSR count). The summed E-state index contributed by atoms with van der Waals surface area (Å²) in [5.41, 5.74) is 2.05. The standard InChI is InChI=1S/C16H20N4O3S/c1-22-14-3-2-12(9-17-19-16-18-15(21)11-24-16)8-13(14)10-20-4-6-23-7-5-20/h2-3,8-9H,4-7,10-11H2,1H3,(H,18,19,21). The van der Waals surface area contributed by atoms with Gasteiger partial charge in [0.15, 0.2) is 5.17 Å². The van der Waals surface area contributed by atoms with Crippen molar-refractivity contribution in [1.29, 1.82) is 0 Å². The van der Waals surface area contributed by atoms with Crippen LogP contribution in [0.4, 0.5) is 0 Å². The molecule has 0 radical (unpaired) electrons. The summed E-state index contributed by atoms with van der Waals surface area (Å²) >= 11 is 1.36. The first-order chi connectivity index (χ1) is 11.7. The molecule has 2 saturated heterocycles. The number of amides is 1. The molecule has 0 saturated carbocycles. The molecule has 1 aromatic carbocycles. The molecule has 2 heterocycles. The molecule has 2 aliphatic heterocycles. The topological polar surface area (TPSA) is 75.5 Å². The van der Waals surface area contributed by atoms with Gasteiger partial charge in [-0.3, -0.25) is 9.69 Å².